The van der Waals surface area contributed by atoms with Gasteiger partial charge in [-0.25, -0.2) is 8.78 Å². The number of hydrogen-bond acceptors (Lipinski definition) is 3. The van der Waals surface area contributed by atoms with Crippen LogP contribution in [0.25, 0.3) is 22.2 Å². The molecule has 1 aromatic carbocycles. The molecule has 0 fully saturated rings. The van der Waals surface area contributed by atoms with Gasteiger partial charge in [-0.3, -0.25) is 9.78 Å². The quantitative estimate of drug-likeness (QED) is 0.604. The number of pyridine rings is 1. The van der Waals surface area contributed by atoms with Crippen molar-refractivity contribution in [1.29, 1.82) is 0 Å². The van der Waals surface area contributed by atoms with E-state index < -0.39 is 17.6 Å². The van der Waals surface area contributed by atoms with Crippen LogP contribution in [0.2, 0.25) is 5.02 Å². The van der Waals surface area contributed by atoms with Crippen LogP contribution < -0.4 is 5.73 Å². The van der Waals surface area contributed by atoms with Crippen molar-refractivity contribution in [2.24, 2.45) is 5.92 Å². The van der Waals surface area contributed by atoms with Crippen molar-refractivity contribution in [3.63, 3.8) is 0 Å². The minimum absolute atomic E-state index is 0.00242. The number of fused-ring (bicyclic) bond motifs is 1. The van der Waals surface area contributed by atoms with Gasteiger partial charge in [-0.05, 0) is 18.6 Å². The maximum absolute atomic E-state index is 14.3. The molecular weight excluding hydrogens is 364 g/mol. The van der Waals surface area contributed by atoms with Gasteiger partial charge in [0.15, 0.2) is 11.6 Å². The Hall–Kier alpha value is -2.67. The Morgan fingerprint density at radius 3 is 2.62 bits per heavy atom. The van der Waals surface area contributed by atoms with Gasteiger partial charge in [0.2, 0.25) is 0 Å². The maximum Gasteiger partial charge on any atom is 0.306 e. The lowest BCUT2D eigenvalue weighted by Crippen LogP contribution is -2.06. The Bertz CT molecular complexity index is 944. The summed E-state index contributed by atoms with van der Waals surface area (Å²) < 4.78 is 28.3. The van der Waals surface area contributed by atoms with Crippen molar-refractivity contribution in [3.8, 4) is 11.3 Å². The molecule has 0 saturated heterocycles. The minimum Gasteiger partial charge on any atom is -0.481 e. The van der Waals surface area contributed by atoms with E-state index in [0.717, 1.165) is 6.42 Å². The van der Waals surface area contributed by atoms with E-state index in [1.807, 2.05) is 6.92 Å². The Morgan fingerprint density at radius 1 is 1.35 bits per heavy atom. The van der Waals surface area contributed by atoms with E-state index in [9.17, 15) is 13.6 Å². The van der Waals surface area contributed by atoms with E-state index in [2.05, 4.69) is 9.97 Å². The summed E-state index contributed by atoms with van der Waals surface area (Å²) in [5.74, 6) is -2.28. The summed E-state index contributed by atoms with van der Waals surface area (Å²) in [5, 5.41) is 8.88. The molecular formula is C18H18ClF2N3O2. The number of nitrogen functional groups attached to an aromatic ring is 1. The molecule has 0 saturated carbocycles. The standard InChI is InChI=1S/C13H8ClF2N3.C5H10O2/c14-8-5-19-13(10(16)11(8)17)7-2-1-6-3-4-18-12(6)9(7)15;1-3-4(2)5(6)7/h1-5,18H,(H2,17,19);4H,3H2,1-2H3,(H,6,7). The number of carboxylic acid groups (broad SMARTS) is 1. The van der Waals surface area contributed by atoms with Gasteiger partial charge in [0.25, 0.3) is 0 Å². The number of H-pyrrole nitrogens is 1. The molecule has 0 amide bonds. The molecule has 3 aromatic rings. The zero-order valence-electron chi connectivity index (χ0n) is 14.2. The summed E-state index contributed by atoms with van der Waals surface area (Å²) in [5.41, 5.74) is 5.43. The van der Waals surface area contributed by atoms with Gasteiger partial charge in [-0.1, -0.05) is 31.5 Å². The molecule has 2 aromatic heterocycles. The highest BCUT2D eigenvalue weighted by molar-refractivity contribution is 6.33. The lowest BCUT2D eigenvalue weighted by molar-refractivity contribution is -0.141. The van der Waals surface area contributed by atoms with Crippen molar-refractivity contribution in [3.05, 3.63) is 47.2 Å². The maximum atomic E-state index is 14.3. The third-order valence-corrected chi connectivity index (χ3v) is 4.26. The van der Waals surface area contributed by atoms with Crippen LogP contribution in [0.5, 0.6) is 0 Å². The number of carboxylic acids is 1. The van der Waals surface area contributed by atoms with Crippen molar-refractivity contribution < 1.29 is 18.7 Å². The molecule has 0 radical (unpaired) electrons. The fraction of sp³-hybridized carbons (Fsp3) is 0.222. The van der Waals surface area contributed by atoms with Crippen LogP contribution in [0.4, 0.5) is 14.5 Å². The number of aromatic nitrogens is 2. The van der Waals surface area contributed by atoms with E-state index in [0.29, 0.717) is 10.9 Å². The fourth-order valence-corrected chi connectivity index (χ4v) is 2.25. The number of aliphatic carboxylic acids is 1. The summed E-state index contributed by atoms with van der Waals surface area (Å²) in [6, 6.07) is 4.86. The van der Waals surface area contributed by atoms with E-state index in [4.69, 9.17) is 22.4 Å². The van der Waals surface area contributed by atoms with E-state index in [1.54, 1.807) is 25.3 Å². The molecule has 0 bridgehead atoms. The van der Waals surface area contributed by atoms with Crippen LogP contribution in [0.3, 0.4) is 0 Å². The van der Waals surface area contributed by atoms with Gasteiger partial charge < -0.3 is 15.8 Å². The molecule has 8 heteroatoms. The Labute approximate surface area is 153 Å². The van der Waals surface area contributed by atoms with Gasteiger partial charge in [0.1, 0.15) is 5.69 Å². The summed E-state index contributed by atoms with van der Waals surface area (Å²) in [6.07, 6.45) is 3.53. The average Bonchev–Trinajstić information content (AvgIpc) is 3.10. The molecule has 0 spiro atoms. The molecule has 26 heavy (non-hydrogen) atoms. The number of nitrogens with two attached hydrogens (primary N) is 1. The van der Waals surface area contributed by atoms with Gasteiger partial charge in [-0.2, -0.15) is 0 Å². The first-order chi connectivity index (χ1) is 12.3. The summed E-state index contributed by atoms with van der Waals surface area (Å²) in [4.78, 5) is 16.5. The highest BCUT2D eigenvalue weighted by Gasteiger charge is 2.18. The van der Waals surface area contributed by atoms with E-state index in [-0.39, 0.29) is 27.9 Å². The predicted molar refractivity (Wildman–Crippen MR) is 98.0 cm³/mol. The first kappa shape index (κ1) is 19.7. The molecule has 1 atom stereocenters. The van der Waals surface area contributed by atoms with Gasteiger partial charge in [0, 0.05) is 23.3 Å². The number of anilines is 1. The number of nitrogens with zero attached hydrogens (tertiary/aromatic N) is 1. The smallest absolute Gasteiger partial charge is 0.306 e. The second-order valence-electron chi connectivity index (χ2n) is 5.70. The third-order valence-electron chi connectivity index (χ3n) is 3.96. The van der Waals surface area contributed by atoms with Crippen LogP contribution in [-0.2, 0) is 4.79 Å². The summed E-state index contributed by atoms with van der Waals surface area (Å²) >= 11 is 5.66. The first-order valence-electron chi connectivity index (χ1n) is 7.86. The second kappa shape index (κ2) is 8.14. The minimum atomic E-state index is -0.822. The Morgan fingerprint density at radius 2 is 2.04 bits per heavy atom. The highest BCUT2D eigenvalue weighted by Crippen LogP contribution is 2.32. The predicted octanol–water partition coefficient (Wildman–Crippen LogP) is 4.86. The van der Waals surface area contributed by atoms with Gasteiger partial charge in [0.05, 0.1) is 22.1 Å². The van der Waals surface area contributed by atoms with E-state index in [1.165, 1.54) is 12.3 Å². The Kier molecular flexibility index (Phi) is 6.15. The molecule has 0 aliphatic heterocycles. The van der Waals surface area contributed by atoms with Gasteiger partial charge in [-0.15, -0.1) is 0 Å². The summed E-state index contributed by atoms with van der Waals surface area (Å²) in [7, 11) is 0. The lowest BCUT2D eigenvalue weighted by Gasteiger charge is -2.07. The van der Waals surface area contributed by atoms with Crippen LogP contribution >= 0.6 is 11.6 Å². The number of nitrogens with one attached hydrogen (secondary N) is 1. The molecule has 138 valence electrons. The molecule has 2 heterocycles. The fourth-order valence-electron chi connectivity index (χ4n) is 2.12. The van der Waals surface area contributed by atoms with Crippen LogP contribution in [-0.4, -0.2) is 21.0 Å². The molecule has 0 aliphatic rings. The normalized spacial score (nSPS) is 11.7. The Balaban J connectivity index is 0.000000298. The van der Waals surface area contributed by atoms with Crippen LogP contribution in [0, 0.1) is 17.6 Å². The zero-order valence-corrected chi connectivity index (χ0v) is 14.9. The third kappa shape index (κ3) is 3.94. The topological polar surface area (TPSA) is 92.0 Å². The van der Waals surface area contributed by atoms with Crippen molar-refractivity contribution in [1.82, 2.24) is 9.97 Å². The lowest BCUT2D eigenvalue weighted by atomic mass is 10.1. The molecule has 0 aliphatic carbocycles. The van der Waals surface area contributed by atoms with Crippen molar-refractivity contribution in [2.75, 3.05) is 5.73 Å². The first-order valence-corrected chi connectivity index (χ1v) is 8.23. The number of carbonyl (C=O) groups is 1. The van der Waals surface area contributed by atoms with Crippen molar-refractivity contribution >= 4 is 34.2 Å². The molecule has 3 rings (SSSR count). The second-order valence-corrected chi connectivity index (χ2v) is 6.11. The average molecular weight is 382 g/mol. The molecule has 1 unspecified atom stereocenters. The number of benzene rings is 1. The van der Waals surface area contributed by atoms with Crippen LogP contribution in [0.1, 0.15) is 20.3 Å². The number of aromatic amines is 1. The van der Waals surface area contributed by atoms with Crippen LogP contribution in [0.15, 0.2) is 30.6 Å². The number of halogens is 3. The number of hydrogen-bond donors (Lipinski definition) is 3. The van der Waals surface area contributed by atoms with Gasteiger partial charge >= 0.3 is 5.97 Å². The number of rotatable bonds is 3. The highest BCUT2D eigenvalue weighted by atomic mass is 35.5. The largest absolute Gasteiger partial charge is 0.481 e. The monoisotopic (exact) mass is 381 g/mol. The van der Waals surface area contributed by atoms with E-state index >= 15 is 0 Å². The summed E-state index contributed by atoms with van der Waals surface area (Å²) in [6.45, 7) is 3.56. The SMILES string of the molecule is CCC(C)C(=O)O.Nc1c(Cl)cnc(-c2ccc3cc[nH]c3c2F)c1F. The molecule has 5 nitrogen and oxygen atoms in total. The molecule has 4 N–H and O–H groups in total. The van der Waals surface area contributed by atoms with Crippen molar-refractivity contribution in [2.45, 2.75) is 20.3 Å². The zero-order chi connectivity index (χ0) is 19.4.